The molecule has 1 aliphatic heterocycles. The van der Waals surface area contributed by atoms with Gasteiger partial charge in [0.1, 0.15) is 16.5 Å². The monoisotopic (exact) mass is 406 g/mol. The fourth-order valence-electron chi connectivity index (χ4n) is 3.02. The van der Waals surface area contributed by atoms with Crippen LogP contribution in [0.25, 0.3) is 0 Å². The van der Waals surface area contributed by atoms with E-state index in [0.717, 1.165) is 25.5 Å². The van der Waals surface area contributed by atoms with Crippen molar-refractivity contribution in [1.82, 2.24) is 4.90 Å². The lowest BCUT2D eigenvalue weighted by Crippen LogP contribution is -2.32. The molecule has 1 fully saturated rings. The molecule has 6 nitrogen and oxygen atoms in total. The van der Waals surface area contributed by atoms with E-state index < -0.39 is 15.9 Å². The van der Waals surface area contributed by atoms with Crippen molar-refractivity contribution in [2.75, 3.05) is 24.5 Å². The highest BCUT2D eigenvalue weighted by molar-refractivity contribution is 7.87. The van der Waals surface area contributed by atoms with Crippen molar-refractivity contribution >= 4 is 21.8 Å². The maximum atomic E-state index is 13.3. The number of benzene rings is 2. The molecule has 0 aliphatic carbocycles. The number of rotatable bonds is 7. The molecule has 1 heterocycles. The number of urea groups is 1. The minimum absolute atomic E-state index is 0.0345. The van der Waals surface area contributed by atoms with Crippen LogP contribution in [0.3, 0.4) is 0 Å². The fraction of sp³-hybridized carbons (Fsp3) is 0.350. The van der Waals surface area contributed by atoms with E-state index in [1.165, 1.54) is 31.2 Å². The second kappa shape index (κ2) is 8.18. The molecule has 150 valence electrons. The van der Waals surface area contributed by atoms with Crippen molar-refractivity contribution in [3.05, 3.63) is 53.8 Å². The third-order valence-corrected chi connectivity index (χ3v) is 5.91. The fourth-order valence-corrected chi connectivity index (χ4v) is 3.94. The zero-order valence-corrected chi connectivity index (χ0v) is 16.7. The Morgan fingerprint density at radius 3 is 2.46 bits per heavy atom. The predicted molar refractivity (Wildman–Crippen MR) is 105 cm³/mol. The number of carbonyl (C=O) groups excluding carboxylic acids is 1. The largest absolute Gasteiger partial charge is 0.379 e. The molecule has 0 unspecified atom stereocenters. The van der Waals surface area contributed by atoms with Gasteiger partial charge >= 0.3 is 16.1 Å². The standard InChI is InChI=1S/C20H23FN2O4S/c1-3-4-11-22-12-13-23(20(22)24)16-5-8-18(9-6-16)28(25,26)27-17-7-10-19(21)15(2)14-17/h5-10,14H,3-4,11-13H2,1-2H3. The summed E-state index contributed by atoms with van der Waals surface area (Å²) in [5.74, 6) is -0.387. The number of halogens is 1. The number of nitrogens with zero attached hydrogens (tertiary/aromatic N) is 2. The third kappa shape index (κ3) is 4.27. The average Bonchev–Trinajstić information content (AvgIpc) is 3.03. The maximum Gasteiger partial charge on any atom is 0.339 e. The first-order valence-corrected chi connectivity index (χ1v) is 10.6. The van der Waals surface area contributed by atoms with Gasteiger partial charge in [0.05, 0.1) is 0 Å². The topological polar surface area (TPSA) is 66.9 Å². The lowest BCUT2D eigenvalue weighted by molar-refractivity contribution is 0.220. The third-order valence-electron chi connectivity index (χ3n) is 4.65. The molecule has 3 rings (SSSR count). The Morgan fingerprint density at radius 1 is 1.11 bits per heavy atom. The lowest BCUT2D eigenvalue weighted by atomic mass is 10.2. The zero-order valence-electron chi connectivity index (χ0n) is 15.9. The molecule has 0 bridgehead atoms. The van der Waals surface area contributed by atoms with Crippen molar-refractivity contribution in [1.29, 1.82) is 0 Å². The highest BCUT2D eigenvalue weighted by Gasteiger charge is 2.29. The zero-order chi connectivity index (χ0) is 20.3. The van der Waals surface area contributed by atoms with Crippen LogP contribution in [0.15, 0.2) is 47.4 Å². The van der Waals surface area contributed by atoms with Crippen LogP contribution >= 0.6 is 0 Å². The highest BCUT2D eigenvalue weighted by atomic mass is 32.2. The predicted octanol–water partition coefficient (Wildman–Crippen LogP) is 3.94. The van der Waals surface area contributed by atoms with E-state index in [0.29, 0.717) is 24.3 Å². The Kier molecular flexibility index (Phi) is 5.88. The highest BCUT2D eigenvalue weighted by Crippen LogP contribution is 2.25. The number of hydrogen-bond donors (Lipinski definition) is 0. The second-order valence-electron chi connectivity index (χ2n) is 6.72. The van der Waals surface area contributed by atoms with Crippen LogP contribution in [0.4, 0.5) is 14.9 Å². The molecule has 1 saturated heterocycles. The van der Waals surface area contributed by atoms with Gasteiger partial charge in [0.15, 0.2) is 0 Å². The molecule has 0 atom stereocenters. The molecule has 1 aliphatic rings. The quantitative estimate of drug-likeness (QED) is 0.653. The van der Waals surface area contributed by atoms with Crippen molar-refractivity contribution in [2.45, 2.75) is 31.6 Å². The summed E-state index contributed by atoms with van der Waals surface area (Å²) in [6.07, 6.45) is 1.97. The smallest absolute Gasteiger partial charge is 0.339 e. The molecule has 2 aromatic carbocycles. The molecule has 28 heavy (non-hydrogen) atoms. The van der Waals surface area contributed by atoms with Gasteiger partial charge in [-0.3, -0.25) is 4.90 Å². The molecular formula is C20H23FN2O4S. The maximum absolute atomic E-state index is 13.3. The Bertz CT molecular complexity index is 961. The van der Waals surface area contributed by atoms with Gasteiger partial charge < -0.3 is 9.08 Å². The molecule has 0 saturated carbocycles. The number of unbranched alkanes of at least 4 members (excludes halogenated alkanes) is 1. The van der Waals surface area contributed by atoms with Crippen molar-refractivity contribution < 1.29 is 21.8 Å². The van der Waals surface area contributed by atoms with E-state index in [1.54, 1.807) is 21.9 Å². The lowest BCUT2D eigenvalue weighted by Gasteiger charge is -2.18. The summed E-state index contributed by atoms with van der Waals surface area (Å²) in [5.41, 5.74) is 0.934. The van der Waals surface area contributed by atoms with Crippen molar-refractivity contribution in [3.63, 3.8) is 0 Å². The number of anilines is 1. The molecule has 0 N–H and O–H groups in total. The van der Waals surface area contributed by atoms with Crippen molar-refractivity contribution in [2.24, 2.45) is 0 Å². The summed E-state index contributed by atoms with van der Waals surface area (Å²) in [7, 11) is -4.06. The van der Waals surface area contributed by atoms with Gasteiger partial charge in [0.25, 0.3) is 0 Å². The first kappa shape index (κ1) is 20.1. The molecule has 2 amide bonds. The minimum atomic E-state index is -4.06. The number of amides is 2. The van der Waals surface area contributed by atoms with Gasteiger partial charge in [-0.2, -0.15) is 8.42 Å². The molecular weight excluding hydrogens is 383 g/mol. The Labute approximate surface area is 164 Å². The Balaban J connectivity index is 1.73. The SMILES string of the molecule is CCCCN1CCN(c2ccc(S(=O)(=O)Oc3ccc(F)c(C)c3)cc2)C1=O. The number of carbonyl (C=O) groups is 1. The average molecular weight is 406 g/mol. The van der Waals surface area contributed by atoms with Gasteiger partial charge in [-0.15, -0.1) is 0 Å². The Hall–Kier alpha value is -2.61. The van der Waals surface area contributed by atoms with Gasteiger partial charge in [0, 0.05) is 25.3 Å². The van der Waals surface area contributed by atoms with E-state index >= 15 is 0 Å². The normalized spacial score (nSPS) is 14.6. The van der Waals surface area contributed by atoms with Gasteiger partial charge in [-0.05, 0) is 61.4 Å². The number of hydrogen-bond acceptors (Lipinski definition) is 4. The first-order chi connectivity index (χ1) is 13.3. The van der Waals surface area contributed by atoms with E-state index in [9.17, 15) is 17.6 Å². The summed E-state index contributed by atoms with van der Waals surface area (Å²) >= 11 is 0. The number of aryl methyl sites for hydroxylation is 1. The summed E-state index contributed by atoms with van der Waals surface area (Å²) in [5, 5.41) is 0. The van der Waals surface area contributed by atoms with E-state index in [4.69, 9.17) is 4.18 Å². The molecule has 0 radical (unpaired) electrons. The minimum Gasteiger partial charge on any atom is -0.379 e. The second-order valence-corrected chi connectivity index (χ2v) is 8.26. The first-order valence-electron chi connectivity index (χ1n) is 9.19. The van der Waals surface area contributed by atoms with E-state index in [2.05, 4.69) is 6.92 Å². The van der Waals surface area contributed by atoms with Crippen LogP contribution < -0.4 is 9.08 Å². The van der Waals surface area contributed by atoms with Crippen LogP contribution in [0, 0.1) is 12.7 Å². The summed E-state index contributed by atoms with van der Waals surface area (Å²) in [6, 6.07) is 9.68. The van der Waals surface area contributed by atoms with Crippen LogP contribution in [0.2, 0.25) is 0 Å². The van der Waals surface area contributed by atoms with Crippen LogP contribution in [-0.2, 0) is 10.1 Å². The van der Waals surface area contributed by atoms with Crippen molar-refractivity contribution in [3.8, 4) is 5.75 Å². The van der Waals surface area contributed by atoms with E-state index in [1.807, 2.05) is 0 Å². The molecule has 0 aromatic heterocycles. The molecule has 0 spiro atoms. The van der Waals surface area contributed by atoms with Crippen LogP contribution in [-0.4, -0.2) is 39.0 Å². The Morgan fingerprint density at radius 2 is 1.82 bits per heavy atom. The summed E-state index contributed by atoms with van der Waals surface area (Å²) in [6.45, 7) is 5.56. The van der Waals surface area contributed by atoms with Crippen LogP contribution in [0.1, 0.15) is 25.3 Å². The van der Waals surface area contributed by atoms with E-state index in [-0.39, 0.29) is 16.7 Å². The molecule has 2 aromatic rings. The summed E-state index contributed by atoms with van der Waals surface area (Å²) < 4.78 is 43.3. The van der Waals surface area contributed by atoms with Gasteiger partial charge in [-0.25, -0.2) is 9.18 Å². The molecule has 8 heteroatoms. The summed E-state index contributed by atoms with van der Waals surface area (Å²) in [4.78, 5) is 15.9. The van der Waals surface area contributed by atoms with Gasteiger partial charge in [0.2, 0.25) is 0 Å². The van der Waals surface area contributed by atoms with Crippen LogP contribution in [0.5, 0.6) is 5.75 Å². The van der Waals surface area contributed by atoms with Gasteiger partial charge in [-0.1, -0.05) is 13.3 Å².